The molecule has 1 aromatic heterocycles. The van der Waals surface area contributed by atoms with E-state index in [1.165, 1.54) is 0 Å². The Balaban J connectivity index is 1.52. The summed E-state index contributed by atoms with van der Waals surface area (Å²) < 4.78 is 125. The van der Waals surface area contributed by atoms with Gasteiger partial charge in [0.2, 0.25) is 0 Å². The summed E-state index contributed by atoms with van der Waals surface area (Å²) in [7, 11) is 0. The molecule has 0 fully saturated rings. The van der Waals surface area contributed by atoms with Crippen molar-refractivity contribution in [2.75, 3.05) is 0 Å². The first-order valence-electron chi connectivity index (χ1n) is 22.3. The second kappa shape index (κ2) is 11.1. The van der Waals surface area contributed by atoms with Gasteiger partial charge in [-0.2, -0.15) is 0 Å². The van der Waals surface area contributed by atoms with Crippen LogP contribution < -0.4 is 0 Å². The molecule has 0 aliphatic heterocycles. The highest BCUT2D eigenvalue weighted by molar-refractivity contribution is 6.26. The molecule has 1 nitrogen and oxygen atoms in total. The minimum Gasteiger partial charge on any atom is -0.455 e. The van der Waals surface area contributed by atoms with Crippen molar-refractivity contribution in [3.8, 4) is 44.7 Å². The van der Waals surface area contributed by atoms with E-state index in [4.69, 9.17) is 16.8 Å². The van der Waals surface area contributed by atoms with Crippen molar-refractivity contribution in [3.05, 3.63) is 182 Å². The van der Waals surface area contributed by atoms with E-state index in [1.54, 1.807) is 0 Å². The molecule has 1 heterocycles. The van der Waals surface area contributed by atoms with Crippen molar-refractivity contribution in [2.45, 2.75) is 0 Å². The van der Waals surface area contributed by atoms with Crippen LogP contribution in [0, 0.1) is 0 Å². The first kappa shape index (κ1) is 17.6. The topological polar surface area (TPSA) is 13.1 Å². The molecule has 0 bridgehead atoms. The van der Waals surface area contributed by atoms with Gasteiger partial charge in [0.05, 0.1) is 17.8 Å². The summed E-state index contributed by atoms with van der Waals surface area (Å²) >= 11 is 0. The lowest BCUT2D eigenvalue weighted by molar-refractivity contribution is 0.633. The predicted molar refractivity (Wildman–Crippen MR) is 208 cm³/mol. The molecule has 0 N–H and O–H groups in total. The van der Waals surface area contributed by atoms with Gasteiger partial charge in [0, 0.05) is 27.5 Å². The fraction of sp³-hybridized carbons (Fsp3) is 0. The van der Waals surface area contributed by atoms with E-state index >= 15 is 0 Å². The Labute approximate surface area is 302 Å². The fourth-order valence-electron chi connectivity index (χ4n) is 7.09. The summed E-state index contributed by atoms with van der Waals surface area (Å²) in [6.45, 7) is 0. The molecule has 0 spiro atoms. The monoisotopic (exact) mass is 635 g/mol. The van der Waals surface area contributed by atoms with Crippen molar-refractivity contribution in [3.63, 3.8) is 0 Å². The van der Waals surface area contributed by atoms with Gasteiger partial charge in [-0.25, -0.2) is 0 Å². The summed E-state index contributed by atoms with van der Waals surface area (Å²) in [5, 5.41) is 3.04. The molecular weight excluding hydrogens is 593 g/mol. The lowest BCUT2D eigenvalue weighted by atomic mass is 9.84. The minimum absolute atomic E-state index is 0.00330. The van der Waals surface area contributed by atoms with Crippen LogP contribution in [0.15, 0.2) is 186 Å². The summed E-state index contributed by atoms with van der Waals surface area (Å²) in [4.78, 5) is 0. The minimum atomic E-state index is -0.728. The van der Waals surface area contributed by atoms with E-state index in [0.717, 1.165) is 32.7 Å². The first-order valence-corrected chi connectivity index (χ1v) is 15.8. The Morgan fingerprint density at radius 1 is 0.388 bits per heavy atom. The number of fused-ring (bicyclic) bond motifs is 6. The molecule has 0 saturated carbocycles. The van der Waals surface area contributed by atoms with Crippen LogP contribution in [0.1, 0.15) is 17.8 Å². The van der Waals surface area contributed by atoms with E-state index in [9.17, 15) is 5.48 Å². The smallest absolute Gasteiger partial charge is 0.143 e. The highest BCUT2D eigenvalue weighted by Crippen LogP contribution is 2.51. The third kappa shape index (κ3) is 4.33. The predicted octanol–water partition coefficient (Wildman–Crippen LogP) is 13.7. The maximum atomic E-state index is 9.61. The van der Waals surface area contributed by atoms with E-state index in [0.29, 0.717) is 16.5 Å². The van der Waals surface area contributed by atoms with E-state index in [-0.39, 0.29) is 44.0 Å². The Morgan fingerprint density at radius 3 is 1.78 bits per heavy atom. The molecule has 0 aliphatic carbocycles. The normalized spacial score (nSPS) is 15.4. The molecule has 0 aliphatic rings. The summed E-state index contributed by atoms with van der Waals surface area (Å²) in [6.07, 6.45) is 0. The quantitative estimate of drug-likeness (QED) is 0.139. The zero-order valence-corrected chi connectivity index (χ0v) is 25.7. The molecule has 1 heteroatoms. The first-order chi connectivity index (χ1) is 29.7. The molecule has 0 radical (unpaired) electrons. The molecule has 228 valence electrons. The fourth-order valence-corrected chi connectivity index (χ4v) is 7.09. The van der Waals surface area contributed by atoms with Gasteiger partial charge in [-0.05, 0) is 72.1 Å². The van der Waals surface area contributed by atoms with Crippen molar-refractivity contribution < 1.29 is 22.2 Å². The Kier molecular flexibility index (Phi) is 3.99. The second-order valence-corrected chi connectivity index (χ2v) is 11.8. The maximum absolute atomic E-state index is 9.61. The van der Waals surface area contributed by atoms with Gasteiger partial charge in [0.15, 0.2) is 0 Å². The van der Waals surface area contributed by atoms with Gasteiger partial charge in [-0.15, -0.1) is 0 Å². The molecule has 0 unspecified atom stereocenters. The van der Waals surface area contributed by atoms with Gasteiger partial charge in [-0.3, -0.25) is 0 Å². The van der Waals surface area contributed by atoms with E-state index in [2.05, 4.69) is 0 Å². The highest BCUT2D eigenvalue weighted by Gasteiger charge is 2.25. The zero-order chi connectivity index (χ0) is 43.6. The number of hydrogen-bond acceptors (Lipinski definition) is 1. The van der Waals surface area contributed by atoms with Crippen molar-refractivity contribution in [1.29, 1.82) is 0 Å². The van der Waals surface area contributed by atoms with Gasteiger partial charge >= 0.3 is 0 Å². The summed E-state index contributed by atoms with van der Waals surface area (Å²) in [5.74, 6) is 0.255. The Hall–Kier alpha value is -6.44. The van der Waals surface area contributed by atoms with Crippen LogP contribution in [-0.2, 0) is 0 Å². The van der Waals surface area contributed by atoms with E-state index < -0.39 is 84.1 Å². The van der Waals surface area contributed by atoms with Crippen molar-refractivity contribution in [1.82, 2.24) is 0 Å². The van der Waals surface area contributed by atoms with Crippen LogP contribution >= 0.6 is 0 Å². The van der Waals surface area contributed by atoms with Gasteiger partial charge in [0.1, 0.15) is 11.3 Å². The third-order valence-corrected chi connectivity index (χ3v) is 9.19. The third-order valence-electron chi connectivity index (χ3n) is 9.19. The van der Waals surface area contributed by atoms with Crippen LogP contribution in [0.25, 0.3) is 98.8 Å². The van der Waals surface area contributed by atoms with Crippen molar-refractivity contribution >= 4 is 54.1 Å². The molecule has 0 saturated heterocycles. The van der Waals surface area contributed by atoms with Crippen molar-refractivity contribution in [2.24, 2.45) is 0 Å². The van der Waals surface area contributed by atoms with Crippen LogP contribution in [0.4, 0.5) is 0 Å². The lowest BCUT2D eigenvalue weighted by Gasteiger charge is -2.18. The summed E-state index contributed by atoms with van der Waals surface area (Å²) in [6, 6.07) is 24.1. The van der Waals surface area contributed by atoms with Gasteiger partial charge in [-0.1, -0.05) is 170 Å². The number of benzene rings is 9. The SMILES string of the molecule is [2H]c1c([2H])c([2H])c(-c2c3c([2H])c([2H])c([2H])c([2H])c3c(-c3c(-c4cccc5ccc6ccccc6c45)oc4cc(-c5ccccc5)ccc34)c3c([2H])c([2H])c([2H])c([2H])c23)c([2H])c1[2H]. The molecule has 10 aromatic rings. The van der Waals surface area contributed by atoms with Crippen LogP contribution in [0.3, 0.4) is 0 Å². The van der Waals surface area contributed by atoms with Crippen LogP contribution in [0.5, 0.6) is 0 Å². The number of furan rings is 1. The molecule has 0 amide bonds. The largest absolute Gasteiger partial charge is 0.455 e. The molecule has 49 heavy (non-hydrogen) atoms. The zero-order valence-electron chi connectivity index (χ0n) is 38.7. The van der Waals surface area contributed by atoms with Crippen LogP contribution in [0.2, 0.25) is 0 Å². The molecule has 10 rings (SSSR count). The van der Waals surface area contributed by atoms with Gasteiger partial charge in [0.25, 0.3) is 0 Å². The second-order valence-electron chi connectivity index (χ2n) is 11.8. The van der Waals surface area contributed by atoms with Gasteiger partial charge < -0.3 is 4.42 Å². The highest BCUT2D eigenvalue weighted by atomic mass is 16.3. The lowest BCUT2D eigenvalue weighted by Crippen LogP contribution is -1.92. The number of hydrogen-bond donors (Lipinski definition) is 0. The summed E-state index contributed by atoms with van der Waals surface area (Å²) in [5.41, 5.74) is 2.15. The van der Waals surface area contributed by atoms with Crippen LogP contribution in [-0.4, -0.2) is 0 Å². The standard InChI is InChI=1S/C48H30O/c1-3-14-31(15-4-1)35-28-29-41-43(30-35)49-48(42-25-13-19-34-27-26-32-16-7-8-20-36(32)44(34)42)47(41)46-39-23-11-9-21-37(39)45(33-17-5-2-6-18-33)38-22-10-12-24-40(38)46/h1-30H/i2D,5D,6D,9D,10D,11D,12D,17D,18D,21D,22D,23D,24D. The molecular formula is C48H30O. The Bertz CT molecular complexity index is 3510. The van der Waals surface area contributed by atoms with E-state index in [1.807, 2.05) is 103 Å². The average Bonchev–Trinajstić information content (AvgIpc) is 3.67. The molecule has 0 atom stereocenters. The average molecular weight is 636 g/mol. The molecule has 9 aromatic carbocycles. The maximum Gasteiger partial charge on any atom is 0.143 e. The number of rotatable bonds is 4. The Morgan fingerprint density at radius 2 is 1.02 bits per heavy atom.